The molecule has 0 aromatic heterocycles. The van der Waals surface area contributed by atoms with Crippen molar-refractivity contribution in [3.05, 3.63) is 59.9 Å². The van der Waals surface area contributed by atoms with Gasteiger partial charge in [-0.2, -0.15) is 13.2 Å². The molecule has 0 aliphatic carbocycles. The third kappa shape index (κ3) is 6.72. The normalized spacial score (nSPS) is 14.4. The highest BCUT2D eigenvalue weighted by Gasteiger charge is 2.42. The van der Waals surface area contributed by atoms with Gasteiger partial charge in [0.1, 0.15) is 17.9 Å². The minimum absolute atomic E-state index is 0.0156. The zero-order valence-electron chi connectivity index (χ0n) is 15.0. The summed E-state index contributed by atoms with van der Waals surface area (Å²) in [6.45, 7) is 0. The van der Waals surface area contributed by atoms with E-state index in [1.165, 1.54) is 24.3 Å². The molecule has 2 aromatic rings. The number of rotatable bonds is 8. The fourth-order valence-electron chi connectivity index (χ4n) is 2.40. The van der Waals surface area contributed by atoms with Gasteiger partial charge in [-0.1, -0.05) is 18.2 Å². The number of hydrogen-bond acceptors (Lipinski definition) is 5. The Hall–Kier alpha value is -2.11. The molecule has 29 heavy (non-hydrogen) atoms. The Balaban J connectivity index is 2.20. The topological polar surface area (TPSA) is 83.5 Å². The SMILES string of the molecule is CS(=O)(=O)c1cccc(SCC(NC(c2ccc(F)cc2)C(F)(F)F)C(=O)O)c1. The fraction of sp³-hybridized carbons (Fsp3) is 0.278. The van der Waals surface area contributed by atoms with E-state index in [2.05, 4.69) is 5.32 Å². The lowest BCUT2D eigenvalue weighted by Crippen LogP contribution is -2.46. The number of nitrogens with one attached hydrogen (secondary N) is 1. The molecule has 0 aliphatic heterocycles. The molecular weight excluding hydrogens is 434 g/mol. The van der Waals surface area contributed by atoms with Crippen molar-refractivity contribution in [1.82, 2.24) is 5.32 Å². The quantitative estimate of drug-likeness (QED) is 0.471. The number of halogens is 4. The summed E-state index contributed by atoms with van der Waals surface area (Å²) in [5.41, 5.74) is -0.325. The molecule has 0 aliphatic rings. The van der Waals surface area contributed by atoms with Gasteiger partial charge in [0.15, 0.2) is 9.84 Å². The average Bonchev–Trinajstić information content (AvgIpc) is 2.61. The van der Waals surface area contributed by atoms with Crippen LogP contribution in [0.3, 0.4) is 0 Å². The van der Waals surface area contributed by atoms with E-state index in [0.29, 0.717) is 4.90 Å². The number of thioether (sulfide) groups is 1. The van der Waals surface area contributed by atoms with Crippen LogP contribution in [-0.4, -0.2) is 43.7 Å². The van der Waals surface area contributed by atoms with Crippen molar-refractivity contribution in [3.63, 3.8) is 0 Å². The van der Waals surface area contributed by atoms with Gasteiger partial charge in [-0.3, -0.25) is 10.1 Å². The minimum atomic E-state index is -4.81. The maximum atomic E-state index is 13.5. The van der Waals surface area contributed by atoms with Crippen molar-refractivity contribution in [1.29, 1.82) is 0 Å². The number of benzene rings is 2. The molecule has 11 heteroatoms. The van der Waals surface area contributed by atoms with E-state index in [0.717, 1.165) is 42.3 Å². The van der Waals surface area contributed by atoms with Gasteiger partial charge in [0.25, 0.3) is 0 Å². The molecule has 0 saturated heterocycles. The zero-order valence-corrected chi connectivity index (χ0v) is 16.6. The Morgan fingerprint density at radius 3 is 2.31 bits per heavy atom. The number of carboxylic acid groups (broad SMARTS) is 1. The van der Waals surface area contributed by atoms with Gasteiger partial charge in [-0.05, 0) is 35.9 Å². The molecule has 2 aromatic carbocycles. The number of sulfone groups is 1. The summed E-state index contributed by atoms with van der Waals surface area (Å²) in [4.78, 5) is 11.9. The van der Waals surface area contributed by atoms with Crippen LogP contribution in [0.1, 0.15) is 11.6 Å². The molecular formula is C18H17F4NO4S2. The van der Waals surface area contributed by atoms with Crippen LogP contribution in [0, 0.1) is 5.82 Å². The smallest absolute Gasteiger partial charge is 0.407 e. The first-order chi connectivity index (χ1) is 13.4. The predicted octanol–water partition coefficient (Wildman–Crippen LogP) is 3.67. The van der Waals surface area contributed by atoms with E-state index in [-0.39, 0.29) is 16.2 Å². The van der Waals surface area contributed by atoms with Crippen LogP contribution in [0.2, 0.25) is 0 Å². The maximum Gasteiger partial charge on any atom is 0.407 e. The van der Waals surface area contributed by atoms with E-state index in [1.54, 1.807) is 0 Å². The summed E-state index contributed by atoms with van der Waals surface area (Å²) in [6.07, 6.45) is -3.80. The van der Waals surface area contributed by atoms with Crippen molar-refractivity contribution in [2.24, 2.45) is 0 Å². The highest BCUT2D eigenvalue weighted by Crippen LogP contribution is 2.34. The lowest BCUT2D eigenvalue weighted by molar-refractivity contribution is -0.162. The Morgan fingerprint density at radius 1 is 1.17 bits per heavy atom. The molecule has 0 fully saturated rings. The minimum Gasteiger partial charge on any atom is -0.480 e. The van der Waals surface area contributed by atoms with Crippen LogP contribution in [0.15, 0.2) is 58.3 Å². The first-order valence-corrected chi connectivity index (χ1v) is 11.0. The Morgan fingerprint density at radius 2 is 1.79 bits per heavy atom. The third-order valence-corrected chi connectivity index (χ3v) is 6.04. The Bertz CT molecular complexity index is 963. The summed E-state index contributed by atoms with van der Waals surface area (Å²) in [7, 11) is -3.48. The Kier molecular flexibility index (Phi) is 7.30. The monoisotopic (exact) mass is 451 g/mol. The van der Waals surface area contributed by atoms with E-state index in [9.17, 15) is 35.9 Å². The number of alkyl halides is 3. The molecule has 0 saturated carbocycles. The number of carboxylic acids is 1. The van der Waals surface area contributed by atoms with Crippen molar-refractivity contribution in [3.8, 4) is 0 Å². The van der Waals surface area contributed by atoms with Crippen LogP contribution in [-0.2, 0) is 14.6 Å². The van der Waals surface area contributed by atoms with Gasteiger partial charge in [0.2, 0.25) is 0 Å². The lowest BCUT2D eigenvalue weighted by Gasteiger charge is -2.25. The second kappa shape index (κ2) is 9.14. The number of hydrogen-bond donors (Lipinski definition) is 2. The van der Waals surface area contributed by atoms with Crippen LogP contribution in [0.5, 0.6) is 0 Å². The van der Waals surface area contributed by atoms with Crippen LogP contribution < -0.4 is 5.32 Å². The molecule has 5 nitrogen and oxygen atoms in total. The second-order valence-corrected chi connectivity index (χ2v) is 9.25. The first kappa shape index (κ1) is 23.2. The molecule has 2 atom stereocenters. The van der Waals surface area contributed by atoms with Gasteiger partial charge in [0.05, 0.1) is 4.90 Å². The molecule has 2 rings (SSSR count). The molecule has 0 amide bonds. The standard InChI is InChI=1S/C18H17F4NO4S2/c1-29(26,27)14-4-2-3-13(9-14)28-10-15(17(24)25)23-16(18(20,21)22)11-5-7-12(19)8-6-11/h2-9,15-16,23H,10H2,1H3,(H,24,25). The summed E-state index contributed by atoms with van der Waals surface area (Å²) in [6, 6.07) is 5.34. The molecule has 2 N–H and O–H groups in total. The maximum absolute atomic E-state index is 13.5. The van der Waals surface area contributed by atoms with Gasteiger partial charge in [0, 0.05) is 16.9 Å². The summed E-state index contributed by atoms with van der Waals surface area (Å²) in [5, 5.41) is 11.4. The highest BCUT2D eigenvalue weighted by atomic mass is 32.2. The molecule has 0 bridgehead atoms. The third-order valence-electron chi connectivity index (χ3n) is 3.85. The van der Waals surface area contributed by atoms with Crippen molar-refractivity contribution >= 4 is 27.6 Å². The van der Waals surface area contributed by atoms with E-state index < -0.39 is 39.9 Å². The van der Waals surface area contributed by atoms with Crippen molar-refractivity contribution < 1.29 is 35.9 Å². The largest absolute Gasteiger partial charge is 0.480 e. The van der Waals surface area contributed by atoms with Gasteiger partial charge in [-0.15, -0.1) is 11.8 Å². The molecule has 158 valence electrons. The second-order valence-electron chi connectivity index (χ2n) is 6.14. The van der Waals surface area contributed by atoms with E-state index in [1.807, 2.05) is 0 Å². The number of aliphatic carboxylic acids is 1. The summed E-state index contributed by atoms with van der Waals surface area (Å²) < 4.78 is 76.6. The highest BCUT2D eigenvalue weighted by molar-refractivity contribution is 7.99. The Labute approximate surface area is 169 Å². The van der Waals surface area contributed by atoms with E-state index in [4.69, 9.17) is 0 Å². The summed E-state index contributed by atoms with van der Waals surface area (Å²) in [5.74, 6) is -2.52. The first-order valence-electron chi connectivity index (χ1n) is 8.12. The molecule has 2 unspecified atom stereocenters. The average molecular weight is 451 g/mol. The molecule has 0 radical (unpaired) electrons. The van der Waals surface area contributed by atoms with Gasteiger partial charge in [-0.25, -0.2) is 12.8 Å². The molecule has 0 spiro atoms. The lowest BCUT2D eigenvalue weighted by atomic mass is 10.1. The number of carbonyl (C=O) groups is 1. The van der Waals surface area contributed by atoms with Gasteiger partial charge < -0.3 is 5.11 Å². The predicted molar refractivity (Wildman–Crippen MR) is 100 cm³/mol. The van der Waals surface area contributed by atoms with Crippen LogP contribution in [0.25, 0.3) is 0 Å². The summed E-state index contributed by atoms with van der Waals surface area (Å²) >= 11 is 0.902. The van der Waals surface area contributed by atoms with Crippen molar-refractivity contribution in [2.75, 3.05) is 12.0 Å². The molecule has 0 heterocycles. The van der Waals surface area contributed by atoms with Crippen LogP contribution in [0.4, 0.5) is 17.6 Å². The van der Waals surface area contributed by atoms with Crippen molar-refractivity contribution in [2.45, 2.75) is 28.1 Å². The van der Waals surface area contributed by atoms with E-state index >= 15 is 0 Å². The van der Waals surface area contributed by atoms with Crippen LogP contribution >= 0.6 is 11.8 Å². The van der Waals surface area contributed by atoms with Gasteiger partial charge >= 0.3 is 12.1 Å². The zero-order chi connectivity index (χ0) is 21.8. The fourth-order valence-corrected chi connectivity index (χ4v) is 4.13.